The summed E-state index contributed by atoms with van der Waals surface area (Å²) in [6.07, 6.45) is 3.04. The summed E-state index contributed by atoms with van der Waals surface area (Å²) in [5.74, 6) is 0.598. The third-order valence-corrected chi connectivity index (χ3v) is 6.97. The Bertz CT molecular complexity index is 1400. The van der Waals surface area contributed by atoms with Crippen LogP contribution in [0.25, 0.3) is 10.8 Å². The molecule has 1 aromatic heterocycles. The number of hydrogen-bond acceptors (Lipinski definition) is 6. The molecular formula is C29H27Cl2NO5. The molecule has 4 rings (SSSR count). The number of esters is 1. The molecule has 2 atom stereocenters. The maximum atomic E-state index is 13.2. The number of aromatic nitrogens is 1. The summed E-state index contributed by atoms with van der Waals surface area (Å²) in [6, 6.07) is 17.2. The van der Waals surface area contributed by atoms with Crippen LogP contribution in [0.5, 0.6) is 17.2 Å². The molecule has 0 saturated heterocycles. The smallest absolute Gasteiger partial charge is 0.313 e. The lowest BCUT2D eigenvalue weighted by molar-refractivity contribution is -0.145. The maximum Gasteiger partial charge on any atom is 0.313 e. The third-order valence-electron chi connectivity index (χ3n) is 6.37. The maximum absolute atomic E-state index is 13.2. The van der Waals surface area contributed by atoms with Crippen molar-refractivity contribution in [1.29, 1.82) is 0 Å². The highest BCUT2D eigenvalue weighted by Crippen LogP contribution is 2.39. The normalized spacial score (nSPS) is 12.6. The van der Waals surface area contributed by atoms with E-state index in [2.05, 4.69) is 4.98 Å². The van der Waals surface area contributed by atoms with Crippen molar-refractivity contribution in [3.8, 4) is 17.2 Å². The van der Waals surface area contributed by atoms with Gasteiger partial charge in [0, 0.05) is 23.9 Å². The molecule has 0 fully saturated rings. The van der Waals surface area contributed by atoms with Gasteiger partial charge in [-0.3, -0.25) is 9.78 Å². The van der Waals surface area contributed by atoms with Crippen LogP contribution in [0.2, 0.25) is 10.0 Å². The first kappa shape index (κ1) is 26.6. The first-order chi connectivity index (χ1) is 17.9. The Morgan fingerprint density at radius 3 is 2.14 bits per heavy atom. The number of pyridine rings is 1. The fourth-order valence-corrected chi connectivity index (χ4v) is 4.86. The minimum atomic E-state index is -0.485. The Kier molecular flexibility index (Phi) is 8.41. The SMILES string of the molecule is COc1ccc2cc(C(C)C(=O)OC[C@@H](c3ccc(OC)c(OC)c3)c3c(Cl)cncc3Cl)ccc2c1. The lowest BCUT2D eigenvalue weighted by atomic mass is 9.92. The van der Waals surface area contributed by atoms with Crippen molar-refractivity contribution in [3.05, 3.63) is 93.7 Å². The lowest BCUT2D eigenvalue weighted by Crippen LogP contribution is -2.19. The van der Waals surface area contributed by atoms with Gasteiger partial charge in [0.15, 0.2) is 11.5 Å². The molecule has 0 amide bonds. The Hall–Kier alpha value is -3.48. The summed E-state index contributed by atoms with van der Waals surface area (Å²) in [5.41, 5.74) is 2.27. The second-order valence-electron chi connectivity index (χ2n) is 8.51. The van der Waals surface area contributed by atoms with E-state index in [1.165, 1.54) is 12.4 Å². The summed E-state index contributed by atoms with van der Waals surface area (Å²) < 4.78 is 22.0. The quantitative estimate of drug-likeness (QED) is 0.212. The first-order valence-electron chi connectivity index (χ1n) is 11.6. The Balaban J connectivity index is 1.61. The molecule has 4 aromatic rings. The summed E-state index contributed by atoms with van der Waals surface area (Å²) in [5, 5.41) is 2.79. The van der Waals surface area contributed by atoms with E-state index in [0.29, 0.717) is 27.1 Å². The van der Waals surface area contributed by atoms with Crippen LogP contribution >= 0.6 is 23.2 Å². The second-order valence-corrected chi connectivity index (χ2v) is 9.32. The van der Waals surface area contributed by atoms with Gasteiger partial charge in [0.2, 0.25) is 0 Å². The van der Waals surface area contributed by atoms with Gasteiger partial charge in [-0.1, -0.05) is 53.5 Å². The van der Waals surface area contributed by atoms with Gasteiger partial charge in [-0.2, -0.15) is 0 Å². The molecule has 1 unspecified atom stereocenters. The number of carbonyl (C=O) groups excluding carboxylic acids is 1. The number of halogens is 2. The molecule has 6 nitrogen and oxygen atoms in total. The van der Waals surface area contributed by atoms with Gasteiger partial charge in [0.25, 0.3) is 0 Å². The van der Waals surface area contributed by atoms with Crippen LogP contribution in [0.15, 0.2) is 67.0 Å². The number of benzene rings is 3. The topological polar surface area (TPSA) is 66.9 Å². The zero-order valence-electron chi connectivity index (χ0n) is 21.0. The van der Waals surface area contributed by atoms with Gasteiger partial charge in [-0.05, 0) is 53.1 Å². The van der Waals surface area contributed by atoms with E-state index >= 15 is 0 Å². The van der Waals surface area contributed by atoms with Crippen LogP contribution in [-0.4, -0.2) is 38.9 Å². The Labute approximate surface area is 226 Å². The number of carbonyl (C=O) groups is 1. The number of rotatable bonds is 9. The van der Waals surface area contributed by atoms with Gasteiger partial charge < -0.3 is 18.9 Å². The van der Waals surface area contributed by atoms with Crippen LogP contribution in [0.1, 0.15) is 35.4 Å². The molecule has 3 aromatic carbocycles. The lowest BCUT2D eigenvalue weighted by Gasteiger charge is -2.22. The van der Waals surface area contributed by atoms with Gasteiger partial charge in [-0.25, -0.2) is 0 Å². The van der Waals surface area contributed by atoms with E-state index in [1.54, 1.807) is 27.4 Å². The second kappa shape index (κ2) is 11.7. The fourth-order valence-electron chi connectivity index (χ4n) is 4.24. The molecule has 192 valence electrons. The van der Waals surface area contributed by atoms with E-state index in [1.807, 2.05) is 55.5 Å². The zero-order valence-corrected chi connectivity index (χ0v) is 22.5. The molecule has 8 heteroatoms. The molecule has 0 saturated carbocycles. The van der Waals surface area contributed by atoms with Gasteiger partial charge in [0.1, 0.15) is 12.4 Å². The Morgan fingerprint density at radius 1 is 0.811 bits per heavy atom. The van der Waals surface area contributed by atoms with Crippen molar-refractivity contribution in [2.45, 2.75) is 18.8 Å². The molecule has 0 aliphatic heterocycles. The minimum Gasteiger partial charge on any atom is -0.497 e. The summed E-state index contributed by atoms with van der Waals surface area (Å²) in [6.45, 7) is 1.84. The third kappa shape index (κ3) is 5.76. The minimum absolute atomic E-state index is 0.0207. The first-order valence-corrected chi connectivity index (χ1v) is 12.4. The summed E-state index contributed by atoms with van der Waals surface area (Å²) >= 11 is 13.0. The van der Waals surface area contributed by atoms with Crippen LogP contribution in [-0.2, 0) is 9.53 Å². The molecule has 0 aliphatic rings. The van der Waals surface area contributed by atoms with Crippen molar-refractivity contribution >= 4 is 39.9 Å². The highest BCUT2D eigenvalue weighted by Gasteiger charge is 2.26. The fraction of sp³-hybridized carbons (Fsp3) is 0.241. The predicted octanol–water partition coefficient (Wildman–Crippen LogP) is 7.05. The van der Waals surface area contributed by atoms with Crippen LogP contribution in [0, 0.1) is 0 Å². The van der Waals surface area contributed by atoms with E-state index in [4.69, 9.17) is 42.1 Å². The van der Waals surface area contributed by atoms with Gasteiger partial charge in [-0.15, -0.1) is 0 Å². The number of ether oxygens (including phenoxy) is 4. The van der Waals surface area contributed by atoms with Crippen LogP contribution in [0.3, 0.4) is 0 Å². The molecule has 37 heavy (non-hydrogen) atoms. The molecule has 0 spiro atoms. The average molecular weight is 540 g/mol. The predicted molar refractivity (Wildman–Crippen MR) is 146 cm³/mol. The number of fused-ring (bicyclic) bond motifs is 1. The van der Waals surface area contributed by atoms with Gasteiger partial charge in [0.05, 0.1) is 37.3 Å². The largest absolute Gasteiger partial charge is 0.497 e. The van der Waals surface area contributed by atoms with Crippen molar-refractivity contribution < 1.29 is 23.7 Å². The van der Waals surface area contributed by atoms with Crippen molar-refractivity contribution in [2.24, 2.45) is 0 Å². The number of nitrogens with zero attached hydrogens (tertiary/aromatic N) is 1. The molecule has 0 radical (unpaired) electrons. The average Bonchev–Trinajstić information content (AvgIpc) is 2.92. The summed E-state index contributed by atoms with van der Waals surface area (Å²) in [4.78, 5) is 17.2. The van der Waals surface area contributed by atoms with E-state index in [9.17, 15) is 4.79 Å². The van der Waals surface area contributed by atoms with Crippen molar-refractivity contribution in [3.63, 3.8) is 0 Å². The molecule has 0 N–H and O–H groups in total. The standard InChI is InChI=1S/C29H27Cl2NO5/c1-17(18-5-6-20-12-22(34-2)9-7-19(20)11-18)29(33)37-16-23(28-24(30)14-32-15-25(28)31)21-8-10-26(35-3)27(13-21)36-4/h5-15,17,23H,16H2,1-4H3/t17?,23-/m0/s1. The molecule has 0 bridgehead atoms. The molecule has 0 aliphatic carbocycles. The highest BCUT2D eigenvalue weighted by molar-refractivity contribution is 6.35. The zero-order chi connectivity index (χ0) is 26.5. The Morgan fingerprint density at radius 2 is 1.46 bits per heavy atom. The summed E-state index contributed by atoms with van der Waals surface area (Å²) in [7, 11) is 4.76. The number of methoxy groups -OCH3 is 3. The monoisotopic (exact) mass is 539 g/mol. The molecule has 1 heterocycles. The van der Waals surface area contributed by atoms with Crippen molar-refractivity contribution in [1.82, 2.24) is 4.98 Å². The van der Waals surface area contributed by atoms with E-state index < -0.39 is 11.8 Å². The van der Waals surface area contributed by atoms with E-state index in [0.717, 1.165) is 27.6 Å². The highest BCUT2D eigenvalue weighted by atomic mass is 35.5. The molecular weight excluding hydrogens is 513 g/mol. The van der Waals surface area contributed by atoms with Crippen molar-refractivity contribution in [2.75, 3.05) is 27.9 Å². The van der Waals surface area contributed by atoms with Gasteiger partial charge >= 0.3 is 5.97 Å². The van der Waals surface area contributed by atoms with Crippen LogP contribution in [0.4, 0.5) is 0 Å². The van der Waals surface area contributed by atoms with Crippen LogP contribution < -0.4 is 14.2 Å². The van der Waals surface area contributed by atoms with E-state index in [-0.39, 0.29) is 12.6 Å². The number of hydrogen-bond donors (Lipinski definition) is 0.